The van der Waals surface area contributed by atoms with Gasteiger partial charge in [-0.1, -0.05) is 6.07 Å². The average Bonchev–Trinajstić information content (AvgIpc) is 3.26. The fourth-order valence-corrected chi connectivity index (χ4v) is 3.39. The van der Waals surface area contributed by atoms with E-state index in [9.17, 15) is 8.78 Å². The number of imidazole rings is 1. The molecule has 0 saturated heterocycles. The molecule has 0 amide bonds. The second-order valence-corrected chi connectivity index (χ2v) is 6.34. The van der Waals surface area contributed by atoms with Crippen LogP contribution in [-0.4, -0.2) is 21.0 Å². The van der Waals surface area contributed by atoms with Gasteiger partial charge < -0.3 is 4.57 Å². The highest BCUT2D eigenvalue weighted by atomic mass is 19.1. The van der Waals surface area contributed by atoms with Crippen LogP contribution in [-0.2, 0) is 13.0 Å². The molecule has 5 heteroatoms. The van der Waals surface area contributed by atoms with Crippen LogP contribution < -0.4 is 0 Å². The smallest absolute Gasteiger partial charge is 0.130 e. The van der Waals surface area contributed by atoms with Crippen LogP contribution in [0.15, 0.2) is 24.5 Å². The van der Waals surface area contributed by atoms with Gasteiger partial charge in [-0.25, -0.2) is 13.8 Å². The van der Waals surface area contributed by atoms with Crippen molar-refractivity contribution in [3.63, 3.8) is 0 Å². The van der Waals surface area contributed by atoms with Crippen molar-refractivity contribution in [3.8, 4) is 0 Å². The van der Waals surface area contributed by atoms with Gasteiger partial charge in [0.25, 0.3) is 0 Å². The van der Waals surface area contributed by atoms with Crippen molar-refractivity contribution in [2.45, 2.75) is 44.8 Å². The number of hydrogen-bond donors (Lipinski definition) is 0. The molecule has 0 bridgehead atoms. The first-order valence-electron chi connectivity index (χ1n) is 7.87. The third kappa shape index (κ3) is 2.33. The molecule has 22 heavy (non-hydrogen) atoms. The molecule has 1 fully saturated rings. The second-order valence-electron chi connectivity index (χ2n) is 6.34. The van der Waals surface area contributed by atoms with Crippen molar-refractivity contribution in [1.29, 1.82) is 0 Å². The fourth-order valence-electron chi connectivity index (χ4n) is 3.39. The van der Waals surface area contributed by atoms with Gasteiger partial charge in [0.1, 0.15) is 11.6 Å². The molecule has 0 N–H and O–H groups in total. The summed E-state index contributed by atoms with van der Waals surface area (Å²) < 4.78 is 29.4. The van der Waals surface area contributed by atoms with Crippen molar-refractivity contribution < 1.29 is 8.78 Å². The Balaban J connectivity index is 1.56. The largest absolute Gasteiger partial charge is 0.331 e. The Morgan fingerprint density at radius 1 is 1.27 bits per heavy atom. The second kappa shape index (κ2) is 5.16. The summed E-state index contributed by atoms with van der Waals surface area (Å²) in [5.74, 6) is -1.00. The molecule has 1 atom stereocenters. The average molecular weight is 303 g/mol. The van der Waals surface area contributed by atoms with Crippen LogP contribution in [0.1, 0.15) is 48.8 Å². The summed E-state index contributed by atoms with van der Waals surface area (Å²) in [5, 5.41) is 0. The van der Waals surface area contributed by atoms with Gasteiger partial charge in [-0.3, -0.25) is 4.90 Å². The standard InChI is InChI=1S/C17H19F2N3/c1-11(14-5-2-12(18)8-15(14)19)21-7-6-17-16(9-21)20-10-22(17)13-3-4-13/h2,5,8,10-11,13H,3-4,6-7,9H2,1H3/t11-/m0/s1. The molecule has 2 aliphatic rings. The zero-order valence-corrected chi connectivity index (χ0v) is 12.6. The summed E-state index contributed by atoms with van der Waals surface area (Å²) in [6, 6.07) is 4.40. The lowest BCUT2D eigenvalue weighted by atomic mass is 10.0. The van der Waals surface area contributed by atoms with Crippen LogP contribution in [0.25, 0.3) is 0 Å². The molecule has 0 spiro atoms. The van der Waals surface area contributed by atoms with Crippen LogP contribution in [0.2, 0.25) is 0 Å². The van der Waals surface area contributed by atoms with E-state index in [1.807, 2.05) is 13.3 Å². The fraction of sp³-hybridized carbons (Fsp3) is 0.471. The highest BCUT2D eigenvalue weighted by Crippen LogP contribution is 2.38. The van der Waals surface area contributed by atoms with Crippen LogP contribution in [0.5, 0.6) is 0 Å². The minimum Gasteiger partial charge on any atom is -0.331 e. The number of rotatable bonds is 3. The van der Waals surface area contributed by atoms with E-state index < -0.39 is 11.6 Å². The molecule has 2 aromatic rings. The minimum atomic E-state index is -0.530. The highest BCUT2D eigenvalue weighted by molar-refractivity contribution is 5.24. The molecule has 1 aromatic carbocycles. The highest BCUT2D eigenvalue weighted by Gasteiger charge is 2.31. The van der Waals surface area contributed by atoms with Crippen LogP contribution >= 0.6 is 0 Å². The first-order chi connectivity index (χ1) is 10.6. The van der Waals surface area contributed by atoms with Gasteiger partial charge >= 0.3 is 0 Å². The van der Waals surface area contributed by atoms with E-state index in [0.717, 1.165) is 31.3 Å². The van der Waals surface area contributed by atoms with E-state index in [1.54, 1.807) is 6.07 Å². The van der Waals surface area contributed by atoms with Crippen molar-refractivity contribution in [2.75, 3.05) is 6.54 Å². The van der Waals surface area contributed by atoms with E-state index in [0.29, 0.717) is 11.6 Å². The molecular formula is C17H19F2N3. The Morgan fingerprint density at radius 2 is 2.09 bits per heavy atom. The predicted molar refractivity (Wildman–Crippen MR) is 79.4 cm³/mol. The zero-order chi connectivity index (χ0) is 15.3. The van der Waals surface area contributed by atoms with Gasteiger partial charge in [0.15, 0.2) is 0 Å². The van der Waals surface area contributed by atoms with Crippen molar-refractivity contribution >= 4 is 0 Å². The molecule has 1 aromatic heterocycles. The zero-order valence-electron chi connectivity index (χ0n) is 12.6. The Kier molecular flexibility index (Phi) is 3.26. The lowest BCUT2D eigenvalue weighted by Gasteiger charge is -2.32. The first-order valence-corrected chi connectivity index (χ1v) is 7.87. The van der Waals surface area contributed by atoms with Gasteiger partial charge in [-0.15, -0.1) is 0 Å². The predicted octanol–water partition coefficient (Wildman–Crippen LogP) is 3.62. The van der Waals surface area contributed by atoms with Gasteiger partial charge in [-0.05, 0) is 25.8 Å². The molecule has 0 unspecified atom stereocenters. The summed E-state index contributed by atoms with van der Waals surface area (Å²) in [6.45, 7) is 3.58. The molecule has 1 saturated carbocycles. The maximum Gasteiger partial charge on any atom is 0.130 e. The number of nitrogens with zero attached hydrogens (tertiary/aromatic N) is 3. The molecule has 1 aliphatic carbocycles. The molecule has 3 nitrogen and oxygen atoms in total. The number of benzene rings is 1. The number of halogens is 2. The maximum atomic E-state index is 14.0. The normalized spacial score (nSPS) is 20.0. The molecule has 0 radical (unpaired) electrons. The lowest BCUT2D eigenvalue weighted by Crippen LogP contribution is -2.34. The Hall–Kier alpha value is -1.75. The van der Waals surface area contributed by atoms with E-state index in [4.69, 9.17) is 0 Å². The van der Waals surface area contributed by atoms with Gasteiger partial charge in [0, 0.05) is 48.9 Å². The Labute approximate surface area is 128 Å². The molecule has 116 valence electrons. The summed E-state index contributed by atoms with van der Waals surface area (Å²) in [4.78, 5) is 6.76. The third-order valence-electron chi connectivity index (χ3n) is 4.87. The van der Waals surface area contributed by atoms with Crippen molar-refractivity contribution in [3.05, 3.63) is 53.1 Å². The summed E-state index contributed by atoms with van der Waals surface area (Å²) in [6.07, 6.45) is 5.40. The lowest BCUT2D eigenvalue weighted by molar-refractivity contribution is 0.184. The van der Waals surface area contributed by atoms with Crippen molar-refractivity contribution in [1.82, 2.24) is 14.5 Å². The SMILES string of the molecule is C[C@@H](c1ccc(F)cc1F)N1CCc2c(ncn2C2CC2)C1. The van der Waals surface area contributed by atoms with E-state index in [1.165, 1.54) is 24.6 Å². The van der Waals surface area contributed by atoms with Crippen molar-refractivity contribution in [2.24, 2.45) is 0 Å². The number of hydrogen-bond acceptors (Lipinski definition) is 2. The molecule has 2 heterocycles. The summed E-state index contributed by atoms with van der Waals surface area (Å²) in [7, 11) is 0. The monoisotopic (exact) mass is 303 g/mol. The van der Waals surface area contributed by atoms with Crippen LogP contribution in [0.4, 0.5) is 8.78 Å². The minimum absolute atomic E-state index is 0.0835. The summed E-state index contributed by atoms with van der Waals surface area (Å²) >= 11 is 0. The van der Waals surface area contributed by atoms with Gasteiger partial charge in [-0.2, -0.15) is 0 Å². The molecular weight excluding hydrogens is 284 g/mol. The summed E-state index contributed by atoms with van der Waals surface area (Å²) in [5.41, 5.74) is 2.99. The Bertz CT molecular complexity index is 706. The Morgan fingerprint density at radius 3 is 2.82 bits per heavy atom. The van der Waals surface area contributed by atoms with Crippen LogP contribution in [0, 0.1) is 11.6 Å². The van der Waals surface area contributed by atoms with E-state index in [-0.39, 0.29) is 6.04 Å². The van der Waals surface area contributed by atoms with Gasteiger partial charge in [0.2, 0.25) is 0 Å². The third-order valence-corrected chi connectivity index (χ3v) is 4.87. The number of aromatic nitrogens is 2. The van der Waals surface area contributed by atoms with E-state index in [2.05, 4.69) is 14.5 Å². The topological polar surface area (TPSA) is 21.1 Å². The number of fused-ring (bicyclic) bond motifs is 1. The molecule has 4 rings (SSSR count). The van der Waals surface area contributed by atoms with Crippen LogP contribution in [0.3, 0.4) is 0 Å². The first kappa shape index (κ1) is 13.9. The molecule has 1 aliphatic heterocycles. The maximum absolute atomic E-state index is 14.0. The quantitative estimate of drug-likeness (QED) is 0.863. The van der Waals surface area contributed by atoms with Gasteiger partial charge in [0.05, 0.1) is 12.0 Å². The van der Waals surface area contributed by atoms with E-state index >= 15 is 0 Å².